The smallest absolute Gasteiger partial charge is 0.311 e. The number of ether oxygens (including phenoxy) is 1. The molecule has 2 N–H and O–H groups in total. The fourth-order valence-corrected chi connectivity index (χ4v) is 5.13. The van der Waals surface area contributed by atoms with Crippen molar-refractivity contribution in [3.05, 3.63) is 97.8 Å². The summed E-state index contributed by atoms with van der Waals surface area (Å²) < 4.78 is 18.7. The number of amides is 1. The van der Waals surface area contributed by atoms with Crippen molar-refractivity contribution in [1.82, 2.24) is 15.5 Å². The average Bonchev–Trinajstić information content (AvgIpc) is 2.99. The number of halogens is 4. The van der Waals surface area contributed by atoms with Gasteiger partial charge in [-0.1, -0.05) is 29.3 Å². The number of rotatable bonds is 11. The number of hydrogen-bond acceptors (Lipinski definition) is 6. The summed E-state index contributed by atoms with van der Waals surface area (Å²) in [5.41, 5.74) is 2.11. The normalized spacial score (nSPS) is 13.2. The predicted octanol–water partition coefficient (Wildman–Crippen LogP) is 5.76. The molecule has 14 heteroatoms. The van der Waals surface area contributed by atoms with Crippen LogP contribution in [0, 0.1) is 15.9 Å². The van der Waals surface area contributed by atoms with Crippen molar-refractivity contribution >= 4 is 63.4 Å². The average molecular weight is 712 g/mol. The molecule has 1 aliphatic rings. The largest absolute Gasteiger partial charge is 0.487 e. The van der Waals surface area contributed by atoms with Gasteiger partial charge in [-0.25, -0.2) is 4.39 Å². The molecule has 44 heavy (non-hydrogen) atoms. The standard InChI is InChI=1S/C30H33Cl2FN6O4.BrH/c1-2-43-28-20-25(9-10-27(28)39(41)42)37-15-17-38(18-16-37)30(35-12-11-21-3-6-23(31)19-26(21)32)36-14-13-34-29(40)22-4-7-24(33)8-5-22;/h3-10,19-20H,2,11-18H2,1H3,(H,34,40)(H,35,36);1H. The molecule has 1 amide bonds. The number of aliphatic imine (C=N–C) groups is 1. The zero-order chi connectivity index (χ0) is 30.8. The topological polar surface area (TPSA) is 112 Å². The van der Waals surface area contributed by atoms with Crippen LogP contribution >= 0.6 is 40.2 Å². The molecule has 3 aromatic carbocycles. The van der Waals surface area contributed by atoms with Gasteiger partial charge in [0.1, 0.15) is 5.82 Å². The Bertz CT molecular complexity index is 1460. The molecule has 4 rings (SSSR count). The van der Waals surface area contributed by atoms with Gasteiger partial charge < -0.3 is 25.2 Å². The van der Waals surface area contributed by atoms with Gasteiger partial charge in [0.05, 0.1) is 11.5 Å². The van der Waals surface area contributed by atoms with E-state index in [1.807, 2.05) is 6.07 Å². The number of carbonyl (C=O) groups excluding carboxylic acids is 1. The van der Waals surface area contributed by atoms with Gasteiger partial charge in [-0.05, 0) is 61.4 Å². The molecule has 0 unspecified atom stereocenters. The SMILES string of the molecule is Br.CCOc1cc(N2CCN(C(=NCCc3ccc(Cl)cc3Cl)NCCNC(=O)c3ccc(F)cc3)CC2)ccc1[N+](=O)[O-]. The summed E-state index contributed by atoms with van der Waals surface area (Å²) in [4.78, 5) is 32.5. The van der Waals surface area contributed by atoms with Crippen LogP contribution in [-0.2, 0) is 6.42 Å². The Labute approximate surface area is 276 Å². The minimum absolute atomic E-state index is 0. The number of hydrogen-bond donors (Lipinski definition) is 2. The second kappa shape index (κ2) is 17.0. The van der Waals surface area contributed by atoms with E-state index < -0.39 is 10.7 Å². The molecule has 0 radical (unpaired) electrons. The van der Waals surface area contributed by atoms with Crippen LogP contribution in [0.2, 0.25) is 10.0 Å². The lowest BCUT2D eigenvalue weighted by molar-refractivity contribution is -0.385. The quantitative estimate of drug-likeness (QED) is 0.0856. The van der Waals surface area contributed by atoms with Crippen LogP contribution in [0.4, 0.5) is 15.8 Å². The zero-order valence-corrected chi connectivity index (χ0v) is 27.3. The van der Waals surface area contributed by atoms with E-state index in [4.69, 9.17) is 32.9 Å². The van der Waals surface area contributed by atoms with Crippen molar-refractivity contribution in [2.24, 2.45) is 4.99 Å². The van der Waals surface area contributed by atoms with Gasteiger partial charge in [0.2, 0.25) is 0 Å². The Morgan fingerprint density at radius 3 is 2.39 bits per heavy atom. The second-order valence-electron chi connectivity index (χ2n) is 9.70. The van der Waals surface area contributed by atoms with E-state index in [2.05, 4.69) is 20.4 Å². The Balaban J connectivity index is 0.00000529. The molecule has 1 saturated heterocycles. The van der Waals surface area contributed by atoms with Gasteiger partial charge in [-0.3, -0.25) is 19.9 Å². The van der Waals surface area contributed by atoms with Crippen molar-refractivity contribution in [3.8, 4) is 5.75 Å². The number of nitrogens with one attached hydrogen (secondary N) is 2. The van der Waals surface area contributed by atoms with Gasteiger partial charge in [-0.15, -0.1) is 17.0 Å². The monoisotopic (exact) mass is 710 g/mol. The summed E-state index contributed by atoms with van der Waals surface area (Å²) in [6, 6.07) is 15.7. The van der Waals surface area contributed by atoms with Crippen molar-refractivity contribution in [2.45, 2.75) is 13.3 Å². The Morgan fingerprint density at radius 2 is 1.73 bits per heavy atom. The predicted molar refractivity (Wildman–Crippen MR) is 178 cm³/mol. The first-order chi connectivity index (χ1) is 20.7. The maximum absolute atomic E-state index is 13.2. The molecule has 1 aliphatic heterocycles. The van der Waals surface area contributed by atoms with Crippen LogP contribution in [0.1, 0.15) is 22.8 Å². The van der Waals surface area contributed by atoms with Crippen LogP contribution < -0.4 is 20.3 Å². The summed E-state index contributed by atoms with van der Waals surface area (Å²) in [6.07, 6.45) is 0.617. The number of guanidine groups is 1. The third-order valence-corrected chi connectivity index (χ3v) is 7.43. The second-order valence-corrected chi connectivity index (χ2v) is 10.5. The van der Waals surface area contributed by atoms with Crippen LogP contribution in [0.5, 0.6) is 5.75 Å². The lowest BCUT2D eigenvalue weighted by Crippen LogP contribution is -2.53. The molecule has 0 aliphatic carbocycles. The van der Waals surface area contributed by atoms with E-state index in [1.54, 1.807) is 31.2 Å². The van der Waals surface area contributed by atoms with Crippen LogP contribution in [-0.4, -0.2) is 74.1 Å². The third-order valence-electron chi connectivity index (χ3n) is 6.84. The Hall–Kier alpha value is -3.61. The first-order valence-corrected chi connectivity index (χ1v) is 14.7. The number of nitrogens with zero attached hydrogens (tertiary/aromatic N) is 4. The lowest BCUT2D eigenvalue weighted by Gasteiger charge is -2.38. The first-order valence-electron chi connectivity index (χ1n) is 13.9. The molecule has 3 aromatic rings. The molecule has 0 spiro atoms. The highest BCUT2D eigenvalue weighted by atomic mass is 79.9. The molecule has 0 aromatic heterocycles. The molecule has 1 heterocycles. The third kappa shape index (κ3) is 9.70. The van der Waals surface area contributed by atoms with Gasteiger partial charge in [0.15, 0.2) is 11.7 Å². The number of carbonyl (C=O) groups is 1. The van der Waals surface area contributed by atoms with E-state index in [1.165, 1.54) is 30.3 Å². The summed E-state index contributed by atoms with van der Waals surface area (Å²) in [5.74, 6) is 0.252. The maximum atomic E-state index is 13.2. The van der Waals surface area contributed by atoms with Crippen LogP contribution in [0.3, 0.4) is 0 Å². The van der Waals surface area contributed by atoms with Crippen molar-refractivity contribution in [3.63, 3.8) is 0 Å². The van der Waals surface area contributed by atoms with Crippen molar-refractivity contribution < 1.29 is 18.8 Å². The number of nitro benzene ring substituents is 1. The highest BCUT2D eigenvalue weighted by molar-refractivity contribution is 8.93. The summed E-state index contributed by atoms with van der Waals surface area (Å²) >= 11 is 12.4. The number of piperazine rings is 1. The van der Waals surface area contributed by atoms with E-state index in [0.717, 1.165) is 11.3 Å². The van der Waals surface area contributed by atoms with Gasteiger partial charge in [-0.2, -0.15) is 0 Å². The Morgan fingerprint density at radius 1 is 1.02 bits per heavy atom. The van der Waals surface area contributed by atoms with Gasteiger partial charge in [0, 0.05) is 79.2 Å². The molecule has 0 saturated carbocycles. The molecular weight excluding hydrogens is 678 g/mol. The minimum atomic E-state index is -0.444. The van der Waals surface area contributed by atoms with E-state index in [9.17, 15) is 19.3 Å². The summed E-state index contributed by atoms with van der Waals surface area (Å²) in [7, 11) is 0. The molecule has 1 fully saturated rings. The zero-order valence-electron chi connectivity index (χ0n) is 24.1. The van der Waals surface area contributed by atoms with E-state index >= 15 is 0 Å². The highest BCUT2D eigenvalue weighted by Gasteiger charge is 2.23. The molecular formula is C30H34BrCl2FN6O4. The fourth-order valence-electron chi connectivity index (χ4n) is 4.63. The fraction of sp³-hybridized carbons (Fsp3) is 0.333. The van der Waals surface area contributed by atoms with Crippen molar-refractivity contribution in [2.75, 3.05) is 57.3 Å². The van der Waals surface area contributed by atoms with Crippen LogP contribution in [0.15, 0.2) is 65.7 Å². The molecule has 0 bridgehead atoms. The summed E-state index contributed by atoms with van der Waals surface area (Å²) in [5, 5.41) is 18.7. The maximum Gasteiger partial charge on any atom is 0.311 e. The molecule has 10 nitrogen and oxygen atoms in total. The van der Waals surface area contributed by atoms with Gasteiger partial charge in [0.25, 0.3) is 5.91 Å². The first kappa shape index (κ1) is 34.9. The Kier molecular flexibility index (Phi) is 13.5. The van der Waals surface area contributed by atoms with Crippen LogP contribution in [0.25, 0.3) is 0 Å². The number of nitro groups is 1. The van der Waals surface area contributed by atoms with E-state index in [0.29, 0.717) is 80.4 Å². The van der Waals surface area contributed by atoms with Gasteiger partial charge >= 0.3 is 5.69 Å². The van der Waals surface area contributed by atoms with E-state index in [-0.39, 0.29) is 34.3 Å². The molecule has 236 valence electrons. The summed E-state index contributed by atoms with van der Waals surface area (Å²) in [6.45, 7) is 5.98. The molecule has 0 atom stereocenters. The number of anilines is 1. The van der Waals surface area contributed by atoms with Crippen molar-refractivity contribution in [1.29, 1.82) is 0 Å². The lowest BCUT2D eigenvalue weighted by atomic mass is 10.1. The minimum Gasteiger partial charge on any atom is -0.487 e. The number of benzene rings is 3. The highest BCUT2D eigenvalue weighted by Crippen LogP contribution is 2.32.